The van der Waals surface area contributed by atoms with Crippen LogP contribution >= 0.6 is 11.8 Å². The van der Waals surface area contributed by atoms with Crippen molar-refractivity contribution < 1.29 is 9.90 Å². The summed E-state index contributed by atoms with van der Waals surface area (Å²) in [4.78, 5) is 12.8. The zero-order chi connectivity index (χ0) is 8.27. The number of amides is 1. The quantitative estimate of drug-likeness (QED) is 0.607. The monoisotopic (exact) mass is 175 g/mol. The minimum atomic E-state index is 0.169. The van der Waals surface area contributed by atoms with Crippen LogP contribution in [-0.2, 0) is 4.79 Å². The summed E-state index contributed by atoms with van der Waals surface area (Å²) in [6.07, 6.45) is 0.609. The molecule has 64 valence electrons. The number of nitrogens with zero attached hydrogens (tertiary/aromatic N) is 1. The first-order chi connectivity index (χ1) is 5.24. The lowest BCUT2D eigenvalue weighted by atomic mass is 10.3. The van der Waals surface area contributed by atoms with E-state index in [0.29, 0.717) is 13.0 Å². The van der Waals surface area contributed by atoms with Crippen molar-refractivity contribution in [1.82, 2.24) is 4.90 Å². The number of aliphatic hydroxyl groups is 1. The largest absolute Gasteiger partial charge is 0.395 e. The van der Waals surface area contributed by atoms with Crippen LogP contribution in [0.3, 0.4) is 0 Å². The van der Waals surface area contributed by atoms with Crippen LogP contribution in [0.15, 0.2) is 0 Å². The summed E-state index contributed by atoms with van der Waals surface area (Å²) >= 11 is 1.68. The van der Waals surface area contributed by atoms with E-state index in [9.17, 15) is 4.79 Å². The zero-order valence-electron chi connectivity index (χ0n) is 6.62. The van der Waals surface area contributed by atoms with Crippen molar-refractivity contribution >= 4 is 17.7 Å². The highest BCUT2D eigenvalue weighted by atomic mass is 32.2. The molecule has 1 heterocycles. The Morgan fingerprint density at radius 1 is 1.82 bits per heavy atom. The summed E-state index contributed by atoms with van der Waals surface area (Å²) in [5.41, 5.74) is 0. The van der Waals surface area contributed by atoms with Gasteiger partial charge in [0.05, 0.1) is 6.61 Å². The maximum absolute atomic E-state index is 11.1. The molecule has 1 saturated heterocycles. The highest BCUT2D eigenvalue weighted by Crippen LogP contribution is 2.17. The molecule has 1 rings (SSSR count). The first kappa shape index (κ1) is 8.87. The van der Waals surface area contributed by atoms with Crippen LogP contribution in [-0.4, -0.2) is 47.1 Å². The number of hydrogen-bond donors (Lipinski definition) is 1. The van der Waals surface area contributed by atoms with Gasteiger partial charge >= 0.3 is 0 Å². The van der Waals surface area contributed by atoms with E-state index in [1.165, 1.54) is 0 Å². The Bertz CT molecular complexity index is 151. The molecule has 0 aromatic rings. The van der Waals surface area contributed by atoms with Gasteiger partial charge in [-0.15, -0.1) is 0 Å². The minimum Gasteiger partial charge on any atom is -0.395 e. The molecule has 0 aromatic carbocycles. The Morgan fingerprint density at radius 2 is 2.55 bits per heavy atom. The third-order valence-corrected chi connectivity index (χ3v) is 2.99. The van der Waals surface area contributed by atoms with E-state index in [4.69, 9.17) is 5.11 Å². The first-order valence-electron chi connectivity index (χ1n) is 3.70. The van der Waals surface area contributed by atoms with E-state index in [1.807, 2.05) is 0 Å². The van der Waals surface area contributed by atoms with Gasteiger partial charge in [0.25, 0.3) is 0 Å². The number of rotatable bonds is 1. The summed E-state index contributed by atoms with van der Waals surface area (Å²) in [5, 5.41) is 9.08. The van der Waals surface area contributed by atoms with Gasteiger partial charge in [-0.1, -0.05) is 0 Å². The Hall–Kier alpha value is -0.220. The fourth-order valence-electron chi connectivity index (χ4n) is 1.07. The van der Waals surface area contributed by atoms with Gasteiger partial charge in [0.15, 0.2) is 0 Å². The molecule has 1 atom stereocenters. The molecule has 3 nitrogen and oxygen atoms in total. The molecule has 1 aliphatic rings. The van der Waals surface area contributed by atoms with Crippen molar-refractivity contribution in [3.05, 3.63) is 0 Å². The van der Waals surface area contributed by atoms with Crippen LogP contribution in [0, 0.1) is 0 Å². The molecule has 1 unspecified atom stereocenters. The molecule has 4 heteroatoms. The molecule has 0 bridgehead atoms. The standard InChI is InChI=1S/C7H13NO2S/c1-8-4-6(5-9)11-3-2-7(8)10/h6,9H,2-5H2,1H3. The van der Waals surface area contributed by atoms with Crippen molar-refractivity contribution in [2.24, 2.45) is 0 Å². The van der Waals surface area contributed by atoms with Gasteiger partial charge in [-0.3, -0.25) is 4.79 Å². The molecule has 1 N–H and O–H groups in total. The number of carbonyl (C=O) groups is 1. The van der Waals surface area contributed by atoms with Crippen LogP contribution < -0.4 is 0 Å². The third kappa shape index (κ3) is 2.38. The topological polar surface area (TPSA) is 40.5 Å². The van der Waals surface area contributed by atoms with Crippen LogP contribution in [0.2, 0.25) is 0 Å². The second-order valence-electron chi connectivity index (χ2n) is 2.70. The second-order valence-corrected chi connectivity index (χ2v) is 4.11. The number of aliphatic hydroxyl groups excluding tert-OH is 1. The van der Waals surface area contributed by atoms with Crippen LogP contribution in [0.5, 0.6) is 0 Å². The molecule has 1 aliphatic heterocycles. The van der Waals surface area contributed by atoms with Crippen molar-refractivity contribution in [3.8, 4) is 0 Å². The lowest BCUT2D eigenvalue weighted by molar-refractivity contribution is -0.129. The Labute approximate surface area is 70.8 Å². The normalized spacial score (nSPS) is 26.9. The van der Waals surface area contributed by atoms with Gasteiger partial charge < -0.3 is 10.0 Å². The molecule has 11 heavy (non-hydrogen) atoms. The predicted octanol–water partition coefficient (Wildman–Crippen LogP) is -0.0574. The van der Waals surface area contributed by atoms with Crippen LogP contribution in [0.4, 0.5) is 0 Å². The fraction of sp³-hybridized carbons (Fsp3) is 0.857. The van der Waals surface area contributed by atoms with Crippen molar-refractivity contribution in [2.45, 2.75) is 11.7 Å². The van der Waals surface area contributed by atoms with E-state index in [-0.39, 0.29) is 17.8 Å². The summed E-state index contributed by atoms with van der Waals surface area (Å²) < 4.78 is 0. The number of hydrogen-bond acceptors (Lipinski definition) is 3. The van der Waals surface area contributed by atoms with E-state index in [1.54, 1.807) is 23.7 Å². The van der Waals surface area contributed by atoms with Gasteiger partial charge in [0.2, 0.25) is 5.91 Å². The molecule has 1 amide bonds. The Kier molecular flexibility index (Phi) is 3.20. The van der Waals surface area contributed by atoms with Gasteiger partial charge in [-0.05, 0) is 0 Å². The van der Waals surface area contributed by atoms with E-state index in [2.05, 4.69) is 0 Å². The molecule has 1 fully saturated rings. The summed E-state index contributed by atoms with van der Waals surface area (Å²) in [7, 11) is 1.79. The molecular formula is C7H13NO2S. The van der Waals surface area contributed by atoms with Crippen LogP contribution in [0.25, 0.3) is 0 Å². The molecular weight excluding hydrogens is 162 g/mol. The maximum atomic E-state index is 11.1. The SMILES string of the molecule is CN1CC(CO)SCCC1=O. The fourth-order valence-corrected chi connectivity index (χ4v) is 2.13. The van der Waals surface area contributed by atoms with Crippen LogP contribution in [0.1, 0.15) is 6.42 Å². The first-order valence-corrected chi connectivity index (χ1v) is 4.75. The van der Waals surface area contributed by atoms with Gasteiger partial charge in [-0.2, -0.15) is 11.8 Å². The summed E-state index contributed by atoms with van der Waals surface area (Å²) in [6, 6.07) is 0. The average molecular weight is 175 g/mol. The molecule has 0 saturated carbocycles. The zero-order valence-corrected chi connectivity index (χ0v) is 7.43. The second kappa shape index (κ2) is 3.97. The maximum Gasteiger partial charge on any atom is 0.223 e. The predicted molar refractivity (Wildman–Crippen MR) is 45.6 cm³/mol. The van der Waals surface area contributed by atoms with Gasteiger partial charge in [0.1, 0.15) is 0 Å². The molecule has 0 spiro atoms. The summed E-state index contributed by atoms with van der Waals surface area (Å²) in [6.45, 7) is 0.849. The number of carbonyl (C=O) groups excluding carboxylic acids is 1. The summed E-state index contributed by atoms with van der Waals surface area (Å²) in [5.74, 6) is 1.03. The van der Waals surface area contributed by atoms with Crippen molar-refractivity contribution in [3.63, 3.8) is 0 Å². The molecule has 0 aromatic heterocycles. The average Bonchev–Trinajstić information content (AvgIpc) is 2.15. The van der Waals surface area contributed by atoms with E-state index >= 15 is 0 Å². The van der Waals surface area contributed by atoms with E-state index in [0.717, 1.165) is 5.75 Å². The lowest BCUT2D eigenvalue weighted by Crippen LogP contribution is -2.31. The van der Waals surface area contributed by atoms with Gasteiger partial charge in [0, 0.05) is 31.0 Å². The van der Waals surface area contributed by atoms with E-state index < -0.39 is 0 Å². The Morgan fingerprint density at radius 3 is 3.18 bits per heavy atom. The molecule has 0 aliphatic carbocycles. The highest BCUT2D eigenvalue weighted by molar-refractivity contribution is 8.00. The van der Waals surface area contributed by atoms with Crippen molar-refractivity contribution in [1.29, 1.82) is 0 Å². The smallest absolute Gasteiger partial charge is 0.223 e. The lowest BCUT2D eigenvalue weighted by Gasteiger charge is -2.17. The minimum absolute atomic E-state index is 0.169. The number of thioether (sulfide) groups is 1. The van der Waals surface area contributed by atoms with Crippen molar-refractivity contribution in [2.75, 3.05) is 26.0 Å². The Balaban J connectivity index is 2.48. The highest BCUT2D eigenvalue weighted by Gasteiger charge is 2.19. The third-order valence-electron chi connectivity index (χ3n) is 1.78. The van der Waals surface area contributed by atoms with Gasteiger partial charge in [-0.25, -0.2) is 0 Å². The molecule has 0 radical (unpaired) electrons.